The molecule has 18 heavy (non-hydrogen) atoms. The zero-order chi connectivity index (χ0) is 12.8. The zero-order valence-electron chi connectivity index (χ0n) is 10.4. The van der Waals surface area contributed by atoms with Crippen molar-refractivity contribution in [1.29, 1.82) is 0 Å². The summed E-state index contributed by atoms with van der Waals surface area (Å²) in [5.74, 6) is 0.282. The molecule has 0 aromatic carbocycles. The van der Waals surface area contributed by atoms with E-state index in [1.807, 2.05) is 0 Å². The lowest BCUT2D eigenvalue weighted by molar-refractivity contribution is 0.0935. The third-order valence-electron chi connectivity index (χ3n) is 2.81. The number of carbonyl (C=O) groups excluding carboxylic acids is 1. The van der Waals surface area contributed by atoms with Crippen LogP contribution in [0.4, 0.5) is 0 Å². The van der Waals surface area contributed by atoms with Crippen LogP contribution >= 0.6 is 0 Å². The Morgan fingerprint density at radius 3 is 3.28 bits per heavy atom. The Morgan fingerprint density at radius 1 is 1.67 bits per heavy atom. The maximum Gasteiger partial charge on any atom is 0.292 e. The Labute approximate surface area is 105 Å². The molecule has 0 saturated carbocycles. The molecule has 1 aliphatic heterocycles. The molecule has 1 fully saturated rings. The summed E-state index contributed by atoms with van der Waals surface area (Å²) >= 11 is 0. The SMILES string of the molecule is COCCCNC(=O)c1noc(C2CCCN2)n1. The van der Waals surface area contributed by atoms with Crippen molar-refractivity contribution in [1.82, 2.24) is 20.8 Å². The van der Waals surface area contributed by atoms with Crippen LogP contribution in [0.3, 0.4) is 0 Å². The molecule has 1 unspecified atom stereocenters. The van der Waals surface area contributed by atoms with Crippen molar-refractivity contribution >= 4 is 5.91 Å². The fourth-order valence-corrected chi connectivity index (χ4v) is 1.86. The van der Waals surface area contributed by atoms with E-state index >= 15 is 0 Å². The Balaban J connectivity index is 1.83. The molecule has 7 nitrogen and oxygen atoms in total. The lowest BCUT2D eigenvalue weighted by Crippen LogP contribution is -2.26. The summed E-state index contributed by atoms with van der Waals surface area (Å²) < 4.78 is 9.98. The van der Waals surface area contributed by atoms with E-state index in [1.165, 1.54) is 0 Å². The highest BCUT2D eigenvalue weighted by molar-refractivity contribution is 5.90. The first-order valence-corrected chi connectivity index (χ1v) is 6.15. The maximum absolute atomic E-state index is 11.7. The van der Waals surface area contributed by atoms with Gasteiger partial charge < -0.3 is 19.9 Å². The summed E-state index contributed by atoms with van der Waals surface area (Å²) in [5.41, 5.74) is 0. The second-order valence-corrected chi connectivity index (χ2v) is 4.21. The van der Waals surface area contributed by atoms with Crippen molar-refractivity contribution in [3.8, 4) is 0 Å². The maximum atomic E-state index is 11.7. The van der Waals surface area contributed by atoms with Crippen molar-refractivity contribution in [2.24, 2.45) is 0 Å². The first-order chi connectivity index (χ1) is 8.81. The van der Waals surface area contributed by atoms with Gasteiger partial charge in [-0.2, -0.15) is 4.98 Å². The minimum atomic E-state index is -0.306. The molecular weight excluding hydrogens is 236 g/mol. The van der Waals surface area contributed by atoms with Crippen LogP contribution < -0.4 is 10.6 Å². The molecule has 1 aromatic heterocycles. The topological polar surface area (TPSA) is 89.3 Å². The van der Waals surface area contributed by atoms with Gasteiger partial charge in [-0.05, 0) is 25.8 Å². The largest absolute Gasteiger partial charge is 0.385 e. The van der Waals surface area contributed by atoms with Gasteiger partial charge in [0.2, 0.25) is 5.89 Å². The quantitative estimate of drug-likeness (QED) is 0.708. The third-order valence-corrected chi connectivity index (χ3v) is 2.81. The van der Waals surface area contributed by atoms with E-state index in [0.29, 0.717) is 19.0 Å². The summed E-state index contributed by atoms with van der Waals surface area (Å²) in [5, 5.41) is 9.64. The van der Waals surface area contributed by atoms with Gasteiger partial charge >= 0.3 is 0 Å². The standard InChI is InChI=1S/C11H18N4O3/c1-17-7-3-6-13-10(16)9-14-11(18-15-9)8-4-2-5-12-8/h8,12H,2-7H2,1H3,(H,13,16). The van der Waals surface area contributed by atoms with Crippen LogP contribution in [0.25, 0.3) is 0 Å². The minimum absolute atomic E-state index is 0.0903. The highest BCUT2D eigenvalue weighted by Crippen LogP contribution is 2.20. The summed E-state index contributed by atoms with van der Waals surface area (Å²) in [6.45, 7) is 2.10. The number of hydrogen-bond donors (Lipinski definition) is 2. The molecule has 1 atom stereocenters. The van der Waals surface area contributed by atoms with Gasteiger partial charge in [0.15, 0.2) is 0 Å². The fourth-order valence-electron chi connectivity index (χ4n) is 1.86. The molecule has 1 aliphatic rings. The van der Waals surface area contributed by atoms with Gasteiger partial charge in [0, 0.05) is 20.3 Å². The second kappa shape index (κ2) is 6.46. The molecule has 2 rings (SSSR count). The molecule has 100 valence electrons. The fraction of sp³-hybridized carbons (Fsp3) is 0.727. The highest BCUT2D eigenvalue weighted by atomic mass is 16.5. The predicted molar refractivity (Wildman–Crippen MR) is 63.1 cm³/mol. The molecule has 0 radical (unpaired) electrons. The molecule has 2 N–H and O–H groups in total. The van der Waals surface area contributed by atoms with Crippen molar-refractivity contribution in [2.75, 3.05) is 26.8 Å². The highest BCUT2D eigenvalue weighted by Gasteiger charge is 2.24. The number of carbonyl (C=O) groups is 1. The van der Waals surface area contributed by atoms with E-state index in [4.69, 9.17) is 9.26 Å². The Bertz CT molecular complexity index is 387. The average Bonchev–Trinajstić information content (AvgIpc) is 3.03. The van der Waals surface area contributed by atoms with Gasteiger partial charge in [0.25, 0.3) is 11.7 Å². The monoisotopic (exact) mass is 254 g/mol. The van der Waals surface area contributed by atoms with E-state index in [1.54, 1.807) is 7.11 Å². The van der Waals surface area contributed by atoms with Gasteiger partial charge in [-0.1, -0.05) is 5.16 Å². The summed E-state index contributed by atoms with van der Waals surface area (Å²) in [6.07, 6.45) is 2.82. The van der Waals surface area contributed by atoms with E-state index in [0.717, 1.165) is 25.8 Å². The third kappa shape index (κ3) is 3.27. The number of amides is 1. The number of nitrogens with zero attached hydrogens (tertiary/aromatic N) is 2. The Hall–Kier alpha value is -1.47. The van der Waals surface area contributed by atoms with Crippen LogP contribution in [-0.4, -0.2) is 42.9 Å². The Kier molecular flexibility index (Phi) is 4.66. The van der Waals surface area contributed by atoms with Gasteiger partial charge in [0.05, 0.1) is 6.04 Å². The normalized spacial score (nSPS) is 19.1. The van der Waals surface area contributed by atoms with Crippen LogP contribution in [0.1, 0.15) is 41.8 Å². The van der Waals surface area contributed by atoms with E-state index in [2.05, 4.69) is 20.8 Å². The van der Waals surface area contributed by atoms with Crippen molar-refractivity contribution in [2.45, 2.75) is 25.3 Å². The minimum Gasteiger partial charge on any atom is -0.385 e. The molecule has 1 saturated heterocycles. The number of methoxy groups -OCH3 is 1. The molecule has 2 heterocycles. The van der Waals surface area contributed by atoms with E-state index < -0.39 is 0 Å². The van der Waals surface area contributed by atoms with Crippen molar-refractivity contribution < 1.29 is 14.1 Å². The smallest absolute Gasteiger partial charge is 0.292 e. The number of hydrogen-bond acceptors (Lipinski definition) is 6. The molecule has 1 amide bonds. The molecular formula is C11H18N4O3. The molecule has 0 aliphatic carbocycles. The average molecular weight is 254 g/mol. The van der Waals surface area contributed by atoms with Gasteiger partial charge in [-0.3, -0.25) is 4.79 Å². The number of aromatic nitrogens is 2. The summed E-state index contributed by atoms with van der Waals surface area (Å²) in [6, 6.07) is 0.0903. The first-order valence-electron chi connectivity index (χ1n) is 6.15. The first kappa shape index (κ1) is 13.0. The van der Waals surface area contributed by atoms with Crippen molar-refractivity contribution in [3.63, 3.8) is 0 Å². The molecule has 1 aromatic rings. The second-order valence-electron chi connectivity index (χ2n) is 4.21. The number of ether oxygens (including phenoxy) is 1. The lowest BCUT2D eigenvalue weighted by atomic mass is 10.2. The van der Waals surface area contributed by atoms with Crippen LogP contribution in [0, 0.1) is 0 Å². The van der Waals surface area contributed by atoms with Crippen LogP contribution in [0.2, 0.25) is 0 Å². The van der Waals surface area contributed by atoms with Crippen LogP contribution in [0.15, 0.2) is 4.52 Å². The summed E-state index contributed by atoms with van der Waals surface area (Å²) in [4.78, 5) is 15.8. The van der Waals surface area contributed by atoms with E-state index in [9.17, 15) is 4.79 Å². The van der Waals surface area contributed by atoms with E-state index in [-0.39, 0.29) is 17.8 Å². The summed E-state index contributed by atoms with van der Waals surface area (Å²) in [7, 11) is 1.63. The lowest BCUT2D eigenvalue weighted by Gasteiger charge is -2.02. The van der Waals surface area contributed by atoms with Crippen LogP contribution in [-0.2, 0) is 4.74 Å². The predicted octanol–water partition coefficient (Wildman–Crippen LogP) is 0.260. The zero-order valence-corrected chi connectivity index (χ0v) is 10.4. The Morgan fingerprint density at radius 2 is 2.56 bits per heavy atom. The number of rotatable bonds is 6. The van der Waals surface area contributed by atoms with Crippen molar-refractivity contribution in [3.05, 3.63) is 11.7 Å². The van der Waals surface area contributed by atoms with Gasteiger partial charge in [-0.15, -0.1) is 0 Å². The van der Waals surface area contributed by atoms with Gasteiger partial charge in [-0.25, -0.2) is 0 Å². The molecule has 0 spiro atoms. The van der Waals surface area contributed by atoms with Gasteiger partial charge in [0.1, 0.15) is 0 Å². The number of nitrogens with one attached hydrogen (secondary N) is 2. The molecule has 0 bridgehead atoms. The molecule has 7 heteroatoms. The van der Waals surface area contributed by atoms with Crippen LogP contribution in [0.5, 0.6) is 0 Å².